The third kappa shape index (κ3) is 11.9. The number of ether oxygens (including phenoxy) is 1. The summed E-state index contributed by atoms with van der Waals surface area (Å²) in [7, 11) is 0. The van der Waals surface area contributed by atoms with Crippen molar-refractivity contribution < 1.29 is 14.3 Å². The lowest BCUT2D eigenvalue weighted by molar-refractivity contribution is -0.122. The molecule has 0 heterocycles. The minimum absolute atomic E-state index is 0.0263. The zero-order valence-electron chi connectivity index (χ0n) is 19.5. The normalized spacial score (nSPS) is 12.4. The summed E-state index contributed by atoms with van der Waals surface area (Å²) in [6.07, 6.45) is 0.0882. The quantitative estimate of drug-likeness (QED) is 0.402. The monoisotopic (exact) mass is 419 g/mol. The molecule has 1 aromatic rings. The fourth-order valence-electron chi connectivity index (χ4n) is 2.40. The minimum atomic E-state index is -0.341. The second-order valence-corrected chi connectivity index (χ2v) is 9.43. The highest BCUT2D eigenvalue weighted by Crippen LogP contribution is 2.16. The van der Waals surface area contributed by atoms with E-state index < -0.39 is 0 Å². The second-order valence-electron chi connectivity index (χ2n) is 9.43. The van der Waals surface area contributed by atoms with E-state index >= 15 is 0 Å². The van der Waals surface area contributed by atoms with E-state index in [1.165, 1.54) is 0 Å². The highest BCUT2D eigenvalue weighted by atomic mass is 16.5. The van der Waals surface area contributed by atoms with Gasteiger partial charge >= 0.3 is 0 Å². The SMILES string of the molecule is CC(C)Oc1ccc(NC(=NCC(=O)NC(C)(C)C)NCC(=O)NC(C)(C)C)cc1. The van der Waals surface area contributed by atoms with Crippen molar-refractivity contribution >= 4 is 23.5 Å². The zero-order chi connectivity index (χ0) is 22.9. The van der Waals surface area contributed by atoms with Crippen LogP contribution in [0, 0.1) is 0 Å². The van der Waals surface area contributed by atoms with Crippen molar-refractivity contribution in [2.24, 2.45) is 4.99 Å². The molecule has 0 unspecified atom stereocenters. The number of nitrogens with one attached hydrogen (secondary N) is 4. The van der Waals surface area contributed by atoms with Crippen molar-refractivity contribution in [2.45, 2.75) is 72.6 Å². The van der Waals surface area contributed by atoms with Gasteiger partial charge in [0.15, 0.2) is 5.96 Å². The average Bonchev–Trinajstić information content (AvgIpc) is 2.55. The molecule has 4 N–H and O–H groups in total. The van der Waals surface area contributed by atoms with Crippen LogP contribution in [0.25, 0.3) is 0 Å². The first kappa shape index (κ1) is 25.3. The lowest BCUT2D eigenvalue weighted by Gasteiger charge is -2.21. The summed E-state index contributed by atoms with van der Waals surface area (Å²) in [6.45, 7) is 15.3. The van der Waals surface area contributed by atoms with E-state index in [9.17, 15) is 9.59 Å². The van der Waals surface area contributed by atoms with E-state index in [-0.39, 0.29) is 42.1 Å². The zero-order valence-corrected chi connectivity index (χ0v) is 19.5. The summed E-state index contributed by atoms with van der Waals surface area (Å²) in [4.78, 5) is 28.6. The van der Waals surface area contributed by atoms with Crippen LogP contribution in [-0.2, 0) is 9.59 Å². The van der Waals surface area contributed by atoms with Crippen molar-refractivity contribution in [1.82, 2.24) is 16.0 Å². The number of nitrogens with zero attached hydrogens (tertiary/aromatic N) is 1. The maximum Gasteiger partial charge on any atom is 0.242 e. The maximum atomic E-state index is 12.1. The van der Waals surface area contributed by atoms with Crippen molar-refractivity contribution in [3.05, 3.63) is 24.3 Å². The number of benzene rings is 1. The van der Waals surface area contributed by atoms with E-state index in [2.05, 4.69) is 26.3 Å². The maximum absolute atomic E-state index is 12.1. The number of guanidine groups is 1. The van der Waals surface area contributed by atoms with Crippen LogP contribution in [0.1, 0.15) is 55.4 Å². The van der Waals surface area contributed by atoms with E-state index in [1.54, 1.807) is 0 Å². The first-order valence-electron chi connectivity index (χ1n) is 10.2. The molecule has 8 heteroatoms. The molecule has 0 saturated carbocycles. The summed E-state index contributed by atoms with van der Waals surface area (Å²) < 4.78 is 5.65. The van der Waals surface area contributed by atoms with E-state index in [0.29, 0.717) is 5.96 Å². The number of amides is 2. The van der Waals surface area contributed by atoms with Crippen LogP contribution in [0.4, 0.5) is 5.69 Å². The molecule has 0 atom stereocenters. The van der Waals surface area contributed by atoms with Gasteiger partial charge in [-0.1, -0.05) is 0 Å². The van der Waals surface area contributed by atoms with Gasteiger partial charge < -0.3 is 26.0 Å². The highest BCUT2D eigenvalue weighted by molar-refractivity contribution is 5.97. The molecule has 0 saturated heterocycles. The largest absolute Gasteiger partial charge is 0.491 e. The van der Waals surface area contributed by atoms with Gasteiger partial charge in [-0.3, -0.25) is 9.59 Å². The average molecular weight is 420 g/mol. The lowest BCUT2D eigenvalue weighted by atomic mass is 10.1. The fourth-order valence-corrected chi connectivity index (χ4v) is 2.40. The highest BCUT2D eigenvalue weighted by Gasteiger charge is 2.15. The van der Waals surface area contributed by atoms with E-state index in [1.807, 2.05) is 79.7 Å². The molecule has 168 valence electrons. The van der Waals surface area contributed by atoms with E-state index in [0.717, 1.165) is 11.4 Å². The van der Waals surface area contributed by atoms with Crippen molar-refractivity contribution in [2.75, 3.05) is 18.4 Å². The molecule has 0 bridgehead atoms. The Kier molecular flexibility index (Phi) is 9.14. The molecule has 0 aliphatic carbocycles. The topological polar surface area (TPSA) is 104 Å². The molecule has 8 nitrogen and oxygen atoms in total. The van der Waals surface area contributed by atoms with Crippen molar-refractivity contribution in [3.8, 4) is 5.75 Å². The summed E-state index contributed by atoms with van der Waals surface area (Å²) >= 11 is 0. The number of hydrogen-bond acceptors (Lipinski definition) is 4. The molecule has 0 aliphatic rings. The number of rotatable bonds is 7. The minimum Gasteiger partial charge on any atom is -0.491 e. The van der Waals surface area contributed by atoms with Gasteiger partial charge in [0.05, 0.1) is 12.6 Å². The Labute approximate surface area is 180 Å². The summed E-state index contributed by atoms with van der Waals surface area (Å²) in [6, 6.07) is 7.38. The van der Waals surface area contributed by atoms with Crippen LogP contribution >= 0.6 is 0 Å². The molecule has 0 aromatic heterocycles. The molecule has 0 fully saturated rings. The molecule has 30 heavy (non-hydrogen) atoms. The smallest absolute Gasteiger partial charge is 0.242 e. The fraction of sp³-hybridized carbons (Fsp3) is 0.591. The van der Waals surface area contributed by atoms with Crippen LogP contribution in [0.5, 0.6) is 5.75 Å². The molecule has 0 spiro atoms. The molecule has 1 rings (SSSR count). The molecular weight excluding hydrogens is 382 g/mol. The molecular formula is C22H37N5O3. The van der Waals surface area contributed by atoms with Crippen molar-refractivity contribution in [3.63, 3.8) is 0 Å². The van der Waals surface area contributed by atoms with E-state index in [4.69, 9.17) is 4.74 Å². The second kappa shape index (κ2) is 10.8. The van der Waals surface area contributed by atoms with Gasteiger partial charge in [0, 0.05) is 16.8 Å². The van der Waals surface area contributed by atoms with Gasteiger partial charge in [-0.15, -0.1) is 0 Å². The number of anilines is 1. The van der Waals surface area contributed by atoms with Gasteiger partial charge in [0.1, 0.15) is 12.3 Å². The molecule has 1 aromatic carbocycles. The summed E-state index contributed by atoms with van der Waals surface area (Å²) in [5.74, 6) is 0.719. The first-order valence-corrected chi connectivity index (χ1v) is 10.2. The third-order valence-electron chi connectivity index (χ3n) is 3.31. The third-order valence-corrected chi connectivity index (χ3v) is 3.31. The molecule has 0 radical (unpaired) electrons. The number of hydrogen-bond donors (Lipinski definition) is 4. The predicted molar refractivity (Wildman–Crippen MR) is 122 cm³/mol. The van der Waals surface area contributed by atoms with Gasteiger partial charge in [-0.25, -0.2) is 4.99 Å². The van der Waals surface area contributed by atoms with Crippen LogP contribution in [0.2, 0.25) is 0 Å². The van der Waals surface area contributed by atoms with Crippen LogP contribution in [-0.4, -0.2) is 48.0 Å². The number of aliphatic imine (C=N–C) groups is 1. The summed E-state index contributed by atoms with van der Waals surface area (Å²) in [5.41, 5.74) is 0.0826. The van der Waals surface area contributed by atoms with Crippen LogP contribution in [0.3, 0.4) is 0 Å². The van der Waals surface area contributed by atoms with Gasteiger partial charge in [-0.05, 0) is 79.7 Å². The predicted octanol–water partition coefficient (Wildman–Crippen LogP) is 2.66. The Balaban J connectivity index is 2.84. The van der Waals surface area contributed by atoms with Gasteiger partial charge in [0.2, 0.25) is 11.8 Å². The van der Waals surface area contributed by atoms with Crippen LogP contribution in [0.15, 0.2) is 29.3 Å². The Morgan fingerprint density at radius 3 is 1.97 bits per heavy atom. The molecule has 0 aliphatic heterocycles. The summed E-state index contributed by atoms with van der Waals surface area (Å²) in [5, 5.41) is 11.8. The van der Waals surface area contributed by atoms with Crippen LogP contribution < -0.4 is 26.0 Å². The Morgan fingerprint density at radius 2 is 1.47 bits per heavy atom. The first-order chi connectivity index (χ1) is 13.7. The van der Waals surface area contributed by atoms with Crippen molar-refractivity contribution in [1.29, 1.82) is 0 Å². The Morgan fingerprint density at radius 1 is 0.933 bits per heavy atom. The van der Waals surface area contributed by atoms with Gasteiger partial charge in [-0.2, -0.15) is 0 Å². The standard InChI is InChI=1S/C22H37N5O3/c1-15(2)30-17-11-9-16(10-12-17)25-20(23-13-18(28)26-21(3,4)5)24-14-19(29)27-22(6,7)8/h9-12,15H,13-14H2,1-8H3,(H,26,28)(H,27,29)(H2,23,24,25). The number of carbonyl (C=O) groups excluding carboxylic acids is 2. The lowest BCUT2D eigenvalue weighted by Crippen LogP contribution is -2.47. The molecule has 2 amide bonds. The number of carbonyl (C=O) groups is 2. The Hall–Kier alpha value is -2.77. The van der Waals surface area contributed by atoms with Gasteiger partial charge in [0.25, 0.3) is 0 Å². The Bertz CT molecular complexity index is 729.